The number of rotatable bonds is 31. The fourth-order valence-electron chi connectivity index (χ4n) is 10.4. The predicted molar refractivity (Wildman–Crippen MR) is 294 cm³/mol. The Morgan fingerprint density at radius 1 is 0.816 bits per heavy atom. The average molecular weight is 1060 g/mol. The molecule has 0 aliphatic carbocycles. The van der Waals surface area contributed by atoms with Crippen LogP contribution in [0.1, 0.15) is 118 Å². The fraction of sp³-hybridized carbons (Fsp3) is 0.621. The second-order valence-electron chi connectivity index (χ2n) is 21.4. The van der Waals surface area contributed by atoms with Crippen molar-refractivity contribution in [3.8, 4) is 5.75 Å². The van der Waals surface area contributed by atoms with E-state index < -0.39 is 42.3 Å². The van der Waals surface area contributed by atoms with Crippen LogP contribution in [-0.4, -0.2) is 164 Å². The first kappa shape index (κ1) is 62.6. The molecule has 0 aromatic heterocycles. The van der Waals surface area contributed by atoms with Gasteiger partial charge in [-0.05, 0) is 106 Å². The Balaban J connectivity index is 1.39. The third kappa shape index (κ3) is 17.8. The van der Waals surface area contributed by atoms with Crippen LogP contribution >= 0.6 is 0 Å². The third-order valence-corrected chi connectivity index (χ3v) is 14.9. The summed E-state index contributed by atoms with van der Waals surface area (Å²) in [6.07, 6.45) is 5.98. The molecule has 2 aliphatic heterocycles. The Labute approximate surface area is 452 Å². The fourth-order valence-corrected chi connectivity index (χ4v) is 10.4. The summed E-state index contributed by atoms with van der Waals surface area (Å²) in [5.74, 6) is -2.00. The number of hydrogen-bond acceptors (Lipinski definition) is 12. The van der Waals surface area contributed by atoms with Crippen molar-refractivity contribution in [2.75, 3.05) is 55.1 Å². The minimum Gasteiger partial charge on any atom is -0.491 e. The molecule has 9 atom stereocenters. The summed E-state index contributed by atoms with van der Waals surface area (Å²) in [5, 5.41) is 10.6. The number of methoxy groups -OCH3 is 2. The number of benzene rings is 2. The van der Waals surface area contributed by atoms with E-state index in [0.29, 0.717) is 56.7 Å². The lowest BCUT2D eigenvalue weighted by Crippen LogP contribution is -2.59. The molecule has 18 heteroatoms. The van der Waals surface area contributed by atoms with Crippen molar-refractivity contribution in [2.24, 2.45) is 28.8 Å². The van der Waals surface area contributed by atoms with Crippen LogP contribution in [0, 0.1) is 23.7 Å². The Kier molecular flexibility index (Phi) is 25.3. The number of carbonyl (C=O) groups is 7. The Bertz CT molecular complexity index is 2260. The van der Waals surface area contributed by atoms with E-state index in [1.165, 1.54) is 17.1 Å². The first-order valence-electron chi connectivity index (χ1n) is 27.2. The molecule has 1 saturated heterocycles. The lowest BCUT2D eigenvalue weighted by molar-refractivity contribution is -0.148. The molecule has 1 fully saturated rings. The monoisotopic (exact) mass is 1060 g/mol. The van der Waals surface area contributed by atoms with Gasteiger partial charge >= 0.3 is 0 Å². The molecular formula is C58H88N8O10. The smallest absolute Gasteiger partial charge is 0.253 e. The van der Waals surface area contributed by atoms with Gasteiger partial charge in [0.1, 0.15) is 18.4 Å². The molecule has 76 heavy (non-hydrogen) atoms. The molecule has 2 heterocycles. The predicted octanol–water partition coefficient (Wildman–Crippen LogP) is 5.77. The molecule has 3 N–H and O–H groups in total. The maximum absolute atomic E-state index is 14.5. The molecule has 0 bridgehead atoms. The van der Waals surface area contributed by atoms with E-state index in [-0.39, 0.29) is 84.6 Å². The number of unbranched alkanes of at least 4 members (excludes halogenated alkanes) is 2. The number of nitrogens with zero attached hydrogens (tertiary/aromatic N) is 5. The molecule has 2 aliphatic rings. The standard InChI is InChI=1S/C58H88N8O10/c1-14-39(6)54(64(11)58(73)52(37(2)3)60-57(72)53(38(4)5)63(9)10)47(74-12)35-51(70)65-33-21-24-46(65)55(75-13)40(7)56(71)59-44(34-42-22-17-15-18-23-42)36-76-45-28-26-43(27-29-45)41(8)61-62-48(67)25-19-16-20-32-66-49(68)30-31-50(66)69/h15,17-18,22-23,26-31,37-40,44,46-47,52-55H,14,16,19-21,24-25,32-36H2,1-13H3,(H,59,71)(H,60,72)(H,62,67)/b61-41-/t39-,40+,44-,46-,47?,52-,53-,54-,55+/m0/s1. The molecule has 2 aromatic rings. The van der Waals surface area contributed by atoms with Gasteiger partial charge in [0.2, 0.25) is 29.5 Å². The highest BCUT2D eigenvalue weighted by molar-refractivity contribution is 6.12. The van der Waals surface area contributed by atoms with E-state index in [1.54, 1.807) is 33.1 Å². The van der Waals surface area contributed by atoms with E-state index in [0.717, 1.165) is 24.0 Å². The summed E-state index contributed by atoms with van der Waals surface area (Å²) in [6, 6.07) is 14.6. The van der Waals surface area contributed by atoms with Gasteiger partial charge < -0.3 is 34.6 Å². The first-order valence-corrected chi connectivity index (χ1v) is 27.2. The summed E-state index contributed by atoms with van der Waals surface area (Å²) >= 11 is 0. The lowest BCUT2D eigenvalue weighted by atomic mass is 9.89. The zero-order chi connectivity index (χ0) is 56.2. The van der Waals surface area contributed by atoms with Crippen LogP contribution in [-0.2, 0) is 49.5 Å². The second-order valence-corrected chi connectivity index (χ2v) is 21.4. The zero-order valence-electron chi connectivity index (χ0n) is 47.5. The highest BCUT2D eigenvalue weighted by Crippen LogP contribution is 2.30. The summed E-state index contributed by atoms with van der Waals surface area (Å²) in [4.78, 5) is 99.3. The van der Waals surface area contributed by atoms with E-state index >= 15 is 0 Å². The quantitative estimate of drug-likeness (QED) is 0.0358. The van der Waals surface area contributed by atoms with Gasteiger partial charge in [-0.1, -0.05) is 91.6 Å². The zero-order valence-corrected chi connectivity index (χ0v) is 47.5. The molecule has 0 radical (unpaired) electrons. The maximum Gasteiger partial charge on any atom is 0.253 e. The van der Waals surface area contributed by atoms with E-state index in [1.807, 2.05) is 127 Å². The van der Waals surface area contributed by atoms with Crippen molar-refractivity contribution >= 4 is 47.1 Å². The number of amides is 7. The minimum atomic E-state index is -0.787. The van der Waals surface area contributed by atoms with Crippen LogP contribution in [0.2, 0.25) is 0 Å². The Hall–Kier alpha value is -5.98. The van der Waals surface area contributed by atoms with Gasteiger partial charge in [0.05, 0.1) is 54.4 Å². The van der Waals surface area contributed by atoms with Crippen molar-refractivity contribution in [3.63, 3.8) is 0 Å². The first-order chi connectivity index (χ1) is 36.1. The van der Waals surface area contributed by atoms with Crippen LogP contribution < -0.4 is 20.8 Å². The van der Waals surface area contributed by atoms with Crippen molar-refractivity contribution in [1.82, 2.24) is 35.7 Å². The van der Waals surface area contributed by atoms with E-state index in [4.69, 9.17) is 14.2 Å². The molecule has 7 amide bonds. The third-order valence-electron chi connectivity index (χ3n) is 14.9. The normalized spacial score (nSPS) is 18.1. The van der Waals surface area contributed by atoms with Crippen molar-refractivity contribution in [3.05, 3.63) is 77.9 Å². The molecule has 1 unspecified atom stereocenters. The average Bonchev–Trinajstić information content (AvgIpc) is 4.01. The van der Waals surface area contributed by atoms with Crippen LogP contribution in [0.5, 0.6) is 5.75 Å². The van der Waals surface area contributed by atoms with Crippen molar-refractivity contribution in [2.45, 2.75) is 156 Å². The molecule has 0 saturated carbocycles. The summed E-state index contributed by atoms with van der Waals surface area (Å²) in [6.45, 7) is 16.5. The number of nitrogens with one attached hydrogen (secondary N) is 3. The maximum atomic E-state index is 14.5. The van der Waals surface area contributed by atoms with Gasteiger partial charge in [0.15, 0.2) is 0 Å². The number of hydrogen-bond donors (Lipinski definition) is 3. The van der Waals surface area contributed by atoms with Gasteiger partial charge in [-0.2, -0.15) is 5.10 Å². The molecule has 420 valence electrons. The minimum absolute atomic E-state index is 0.00188. The Morgan fingerprint density at radius 2 is 1.47 bits per heavy atom. The van der Waals surface area contributed by atoms with Gasteiger partial charge in [-0.15, -0.1) is 0 Å². The highest BCUT2D eigenvalue weighted by atomic mass is 16.5. The SMILES string of the molecule is CC[C@H](C)[C@@H](C(CC(=O)N1CCC[C@H]1[C@H](OC)[C@@H](C)C(=O)N[C@H](COc1ccc(/C(C)=N\NC(=O)CCCCCN2C(=O)C=CC2=O)cc1)Cc1ccccc1)OC)N(C)C(=O)[C@@H](NC(=O)[C@H](C(C)C)N(C)C)C(C)C. The largest absolute Gasteiger partial charge is 0.491 e. The molecule has 0 spiro atoms. The molecular weight excluding hydrogens is 969 g/mol. The summed E-state index contributed by atoms with van der Waals surface area (Å²) in [7, 11) is 8.57. The lowest BCUT2D eigenvalue weighted by Gasteiger charge is -2.41. The second kappa shape index (κ2) is 30.7. The van der Waals surface area contributed by atoms with Crippen molar-refractivity contribution < 1.29 is 47.8 Å². The molecule has 2 aromatic carbocycles. The van der Waals surface area contributed by atoms with Gasteiger partial charge in [-0.25, -0.2) is 5.43 Å². The van der Waals surface area contributed by atoms with Gasteiger partial charge in [-0.3, -0.25) is 43.4 Å². The molecule has 4 rings (SSSR count). The number of hydrazone groups is 1. The molecule has 18 nitrogen and oxygen atoms in total. The van der Waals surface area contributed by atoms with Gasteiger partial charge in [0.25, 0.3) is 11.8 Å². The van der Waals surface area contributed by atoms with Gasteiger partial charge in [0, 0.05) is 52.9 Å². The Morgan fingerprint density at radius 3 is 2.05 bits per heavy atom. The number of carbonyl (C=O) groups excluding carboxylic acids is 7. The topological polar surface area (TPSA) is 209 Å². The van der Waals surface area contributed by atoms with E-state index in [9.17, 15) is 33.6 Å². The number of likely N-dealkylation sites (N-methyl/N-ethyl adjacent to an activating group) is 2. The van der Waals surface area contributed by atoms with Crippen LogP contribution in [0.25, 0.3) is 0 Å². The van der Waals surface area contributed by atoms with E-state index in [2.05, 4.69) is 21.2 Å². The van der Waals surface area contributed by atoms with Crippen LogP contribution in [0.4, 0.5) is 0 Å². The van der Waals surface area contributed by atoms with Crippen molar-refractivity contribution in [1.29, 1.82) is 0 Å². The number of likely N-dealkylation sites (tertiary alicyclic amines) is 1. The van der Waals surface area contributed by atoms with Crippen LogP contribution in [0.15, 0.2) is 71.9 Å². The summed E-state index contributed by atoms with van der Waals surface area (Å²) in [5.41, 5.74) is 5.00. The number of imide groups is 1. The van der Waals surface area contributed by atoms with Crippen LogP contribution in [0.3, 0.4) is 0 Å². The summed E-state index contributed by atoms with van der Waals surface area (Å²) < 4.78 is 18.5. The number of ether oxygens (including phenoxy) is 3. The highest BCUT2D eigenvalue weighted by Gasteiger charge is 2.43.